The van der Waals surface area contributed by atoms with Gasteiger partial charge in [0, 0.05) is 11.5 Å². The maximum atomic E-state index is 13.2. The highest BCUT2D eigenvalue weighted by Crippen LogP contribution is 2.20. The summed E-state index contributed by atoms with van der Waals surface area (Å²) in [4.78, 5) is 27.7. The highest BCUT2D eigenvalue weighted by atomic mass is 32.1. The highest BCUT2D eigenvalue weighted by molar-refractivity contribution is 7.09. The van der Waals surface area contributed by atoms with E-state index < -0.39 is 24.2 Å². The number of hydrogen-bond acceptors (Lipinski definition) is 6. The molecule has 0 aliphatic rings. The summed E-state index contributed by atoms with van der Waals surface area (Å²) in [6, 6.07) is 3.57. The monoisotopic (exact) mass is 335 g/mol. The van der Waals surface area contributed by atoms with E-state index >= 15 is 0 Å². The molecule has 1 heterocycles. The maximum Gasteiger partial charge on any atom is 0.331 e. The van der Waals surface area contributed by atoms with Gasteiger partial charge in [0.1, 0.15) is 11.6 Å². The minimum atomic E-state index is -0.681. The number of hydrogen-bond donors (Lipinski definition) is 0. The first-order chi connectivity index (χ1) is 11.0. The quantitative estimate of drug-likeness (QED) is 0.461. The minimum absolute atomic E-state index is 0.0272. The average molecular weight is 335 g/mol. The standard InChI is InChI=1S/C16H14FNO4S/c1-10-18-12(9-23-10)4-6-16(20)22-8-14(19)13-7-11(17)3-5-15(13)21-2/h3-7,9H,8H2,1-2H3/b6-4+. The maximum absolute atomic E-state index is 13.2. The van der Waals surface area contributed by atoms with E-state index in [-0.39, 0.29) is 11.3 Å². The van der Waals surface area contributed by atoms with Crippen molar-refractivity contribution in [3.05, 3.63) is 51.7 Å². The Balaban J connectivity index is 1.95. The van der Waals surface area contributed by atoms with Crippen LogP contribution >= 0.6 is 11.3 Å². The molecule has 0 saturated carbocycles. The van der Waals surface area contributed by atoms with Crippen LogP contribution in [0.5, 0.6) is 5.75 Å². The highest BCUT2D eigenvalue weighted by Gasteiger charge is 2.15. The Hall–Kier alpha value is -2.54. The lowest BCUT2D eigenvalue weighted by atomic mass is 10.1. The zero-order chi connectivity index (χ0) is 16.8. The van der Waals surface area contributed by atoms with Crippen molar-refractivity contribution in [1.82, 2.24) is 4.98 Å². The Morgan fingerprint density at radius 1 is 1.39 bits per heavy atom. The third-order valence-electron chi connectivity index (χ3n) is 2.83. The van der Waals surface area contributed by atoms with Crippen LogP contribution in [-0.2, 0) is 9.53 Å². The van der Waals surface area contributed by atoms with Crippen molar-refractivity contribution in [1.29, 1.82) is 0 Å². The predicted octanol–water partition coefficient (Wildman–Crippen LogP) is 3.04. The number of aromatic nitrogens is 1. The smallest absolute Gasteiger partial charge is 0.331 e. The summed E-state index contributed by atoms with van der Waals surface area (Å²) in [5.74, 6) is -1.58. The van der Waals surface area contributed by atoms with Crippen molar-refractivity contribution in [3.63, 3.8) is 0 Å². The van der Waals surface area contributed by atoms with Gasteiger partial charge in [-0.15, -0.1) is 11.3 Å². The Morgan fingerprint density at radius 2 is 2.17 bits per heavy atom. The van der Waals surface area contributed by atoms with Crippen molar-refractivity contribution in [2.45, 2.75) is 6.92 Å². The van der Waals surface area contributed by atoms with Crippen LogP contribution in [-0.4, -0.2) is 30.5 Å². The molecule has 0 N–H and O–H groups in total. The van der Waals surface area contributed by atoms with Gasteiger partial charge in [0.2, 0.25) is 5.78 Å². The number of carbonyl (C=O) groups is 2. The van der Waals surface area contributed by atoms with E-state index in [1.54, 1.807) is 5.38 Å². The number of methoxy groups -OCH3 is 1. The molecule has 0 spiro atoms. The zero-order valence-electron chi connectivity index (χ0n) is 12.5. The SMILES string of the molecule is COc1ccc(F)cc1C(=O)COC(=O)/C=C/c1csc(C)n1. The van der Waals surface area contributed by atoms with Crippen LogP contribution in [0, 0.1) is 12.7 Å². The van der Waals surface area contributed by atoms with E-state index in [2.05, 4.69) is 4.98 Å². The van der Waals surface area contributed by atoms with E-state index in [1.807, 2.05) is 6.92 Å². The summed E-state index contributed by atoms with van der Waals surface area (Å²) in [5, 5.41) is 2.67. The molecule has 23 heavy (non-hydrogen) atoms. The molecule has 0 radical (unpaired) electrons. The summed E-state index contributed by atoms with van der Waals surface area (Å²) in [6.45, 7) is 1.35. The molecule has 1 aromatic heterocycles. The minimum Gasteiger partial charge on any atom is -0.496 e. The summed E-state index contributed by atoms with van der Waals surface area (Å²) >= 11 is 1.46. The summed E-state index contributed by atoms with van der Waals surface area (Å²) < 4.78 is 23.1. The lowest BCUT2D eigenvalue weighted by Gasteiger charge is -2.07. The second-order valence-electron chi connectivity index (χ2n) is 4.50. The summed E-state index contributed by atoms with van der Waals surface area (Å²) in [5.41, 5.74) is 0.669. The molecule has 2 rings (SSSR count). The van der Waals surface area contributed by atoms with Gasteiger partial charge in [-0.2, -0.15) is 0 Å². The fraction of sp³-hybridized carbons (Fsp3) is 0.188. The van der Waals surface area contributed by atoms with Crippen LogP contribution in [0.25, 0.3) is 6.08 Å². The normalized spacial score (nSPS) is 10.7. The Kier molecular flexibility index (Phi) is 5.59. The molecular weight excluding hydrogens is 321 g/mol. The first kappa shape index (κ1) is 16.8. The van der Waals surface area contributed by atoms with Crippen LogP contribution in [0.2, 0.25) is 0 Å². The first-order valence-electron chi connectivity index (χ1n) is 6.63. The van der Waals surface area contributed by atoms with Crippen LogP contribution in [0.15, 0.2) is 29.7 Å². The van der Waals surface area contributed by atoms with E-state index in [9.17, 15) is 14.0 Å². The van der Waals surface area contributed by atoms with Gasteiger partial charge in [0.25, 0.3) is 0 Å². The first-order valence-corrected chi connectivity index (χ1v) is 7.51. The van der Waals surface area contributed by atoms with Gasteiger partial charge in [-0.25, -0.2) is 14.2 Å². The average Bonchev–Trinajstić information content (AvgIpc) is 2.96. The van der Waals surface area contributed by atoms with Crippen molar-refractivity contribution in [2.75, 3.05) is 13.7 Å². The van der Waals surface area contributed by atoms with Gasteiger partial charge in [-0.05, 0) is 31.2 Å². The number of halogens is 1. The molecule has 1 aromatic carbocycles. The molecule has 0 aliphatic carbocycles. The second-order valence-corrected chi connectivity index (χ2v) is 5.56. The predicted molar refractivity (Wildman–Crippen MR) is 84.1 cm³/mol. The lowest BCUT2D eigenvalue weighted by molar-refractivity contribution is -0.136. The molecule has 0 fully saturated rings. The zero-order valence-corrected chi connectivity index (χ0v) is 13.4. The van der Waals surface area contributed by atoms with Crippen LogP contribution < -0.4 is 4.74 Å². The number of nitrogens with zero attached hydrogens (tertiary/aromatic N) is 1. The van der Waals surface area contributed by atoms with Crippen molar-refractivity contribution < 1.29 is 23.5 Å². The topological polar surface area (TPSA) is 65.5 Å². The van der Waals surface area contributed by atoms with Gasteiger partial charge in [0.15, 0.2) is 6.61 Å². The van der Waals surface area contributed by atoms with E-state index in [1.165, 1.54) is 42.7 Å². The van der Waals surface area contributed by atoms with Crippen molar-refractivity contribution >= 4 is 29.2 Å². The molecule has 0 amide bonds. The molecule has 0 bridgehead atoms. The van der Waals surface area contributed by atoms with Crippen molar-refractivity contribution in [3.8, 4) is 5.75 Å². The Morgan fingerprint density at radius 3 is 2.83 bits per heavy atom. The van der Waals surface area contributed by atoms with Gasteiger partial charge in [0.05, 0.1) is 23.4 Å². The van der Waals surface area contributed by atoms with E-state index in [0.29, 0.717) is 5.69 Å². The molecule has 5 nitrogen and oxygen atoms in total. The molecule has 0 aliphatic heterocycles. The number of aryl methyl sites for hydroxylation is 1. The molecule has 120 valence electrons. The molecule has 0 atom stereocenters. The summed E-state index contributed by atoms with van der Waals surface area (Å²) in [6.07, 6.45) is 2.68. The van der Waals surface area contributed by atoms with Crippen LogP contribution in [0.3, 0.4) is 0 Å². The largest absolute Gasteiger partial charge is 0.496 e. The van der Waals surface area contributed by atoms with E-state index in [0.717, 1.165) is 11.1 Å². The third kappa shape index (κ3) is 4.72. The van der Waals surface area contributed by atoms with Gasteiger partial charge < -0.3 is 9.47 Å². The number of thiazole rings is 1. The number of ether oxygens (including phenoxy) is 2. The van der Waals surface area contributed by atoms with Crippen LogP contribution in [0.1, 0.15) is 21.1 Å². The number of esters is 1. The summed E-state index contributed by atoms with van der Waals surface area (Å²) in [7, 11) is 1.37. The Labute approximate surface area is 136 Å². The number of benzene rings is 1. The molecule has 7 heteroatoms. The number of carbonyl (C=O) groups excluding carboxylic acids is 2. The lowest BCUT2D eigenvalue weighted by Crippen LogP contribution is -2.13. The third-order valence-corrected chi connectivity index (χ3v) is 3.63. The van der Waals surface area contributed by atoms with Gasteiger partial charge in [-0.3, -0.25) is 4.79 Å². The second kappa shape index (κ2) is 7.64. The molecule has 0 saturated heterocycles. The Bertz CT molecular complexity index is 754. The van der Waals surface area contributed by atoms with Gasteiger partial charge >= 0.3 is 5.97 Å². The number of ketones is 1. The molecule has 2 aromatic rings. The molecule has 0 unspecified atom stereocenters. The van der Waals surface area contributed by atoms with E-state index in [4.69, 9.17) is 9.47 Å². The fourth-order valence-electron chi connectivity index (χ4n) is 1.77. The van der Waals surface area contributed by atoms with Gasteiger partial charge in [-0.1, -0.05) is 0 Å². The van der Waals surface area contributed by atoms with Crippen LogP contribution in [0.4, 0.5) is 4.39 Å². The molecular formula is C16H14FNO4S. The fourth-order valence-corrected chi connectivity index (χ4v) is 2.35. The van der Waals surface area contributed by atoms with Crippen molar-refractivity contribution in [2.24, 2.45) is 0 Å². The number of rotatable bonds is 6. The number of Topliss-reactive ketones (excluding diaryl/α,β-unsaturated/α-hetero) is 1.